The third-order valence-electron chi connectivity index (χ3n) is 4.27. The molecule has 0 saturated carbocycles. The maximum absolute atomic E-state index is 12.8. The maximum atomic E-state index is 12.8. The lowest BCUT2D eigenvalue weighted by Crippen LogP contribution is -2.35. The molecule has 0 unspecified atom stereocenters. The summed E-state index contributed by atoms with van der Waals surface area (Å²) in [4.78, 5) is 12.3. The van der Waals surface area contributed by atoms with E-state index in [1.807, 2.05) is 18.2 Å². The van der Waals surface area contributed by atoms with Crippen LogP contribution in [0.15, 0.2) is 57.9 Å². The molecule has 1 amide bonds. The number of para-hydroxylation sites is 1. The quantitative estimate of drug-likeness (QED) is 0.725. The largest absolute Gasteiger partial charge is 0.483 e. The second-order valence-electron chi connectivity index (χ2n) is 6.26. The molecule has 27 heavy (non-hydrogen) atoms. The molecule has 3 rings (SSSR count). The van der Waals surface area contributed by atoms with Crippen LogP contribution in [0.4, 0.5) is 5.69 Å². The number of nitrogens with one attached hydrogen (secondary N) is 1. The van der Waals surface area contributed by atoms with E-state index in [1.54, 1.807) is 24.3 Å². The fourth-order valence-electron chi connectivity index (χ4n) is 2.89. The Morgan fingerprint density at radius 2 is 1.81 bits per heavy atom. The summed E-state index contributed by atoms with van der Waals surface area (Å²) in [7, 11) is -3.54. The van der Waals surface area contributed by atoms with Crippen LogP contribution in [0.3, 0.4) is 0 Å². The zero-order valence-corrected chi connectivity index (χ0v) is 17.1. The number of piperidine rings is 1. The molecule has 1 N–H and O–H groups in total. The van der Waals surface area contributed by atoms with Gasteiger partial charge in [0.25, 0.3) is 5.91 Å². The fourth-order valence-corrected chi connectivity index (χ4v) is 4.85. The molecule has 1 fully saturated rings. The first kappa shape index (κ1) is 19.9. The van der Waals surface area contributed by atoms with Crippen molar-refractivity contribution in [2.45, 2.75) is 24.2 Å². The van der Waals surface area contributed by atoms with Crippen LogP contribution in [0.1, 0.15) is 19.3 Å². The summed E-state index contributed by atoms with van der Waals surface area (Å²) < 4.78 is 33.3. The first-order valence-electron chi connectivity index (χ1n) is 8.74. The van der Waals surface area contributed by atoms with Crippen LogP contribution in [-0.4, -0.2) is 38.3 Å². The Labute approximate surface area is 167 Å². The number of ether oxygens (including phenoxy) is 1. The molecule has 0 atom stereocenters. The summed E-state index contributed by atoms with van der Waals surface area (Å²) in [5, 5.41) is 2.68. The van der Waals surface area contributed by atoms with E-state index < -0.39 is 10.0 Å². The molecule has 1 aliphatic heterocycles. The standard InChI is InChI=1S/C19H21BrN2O4S/c20-17-9-2-3-10-18(17)26-14-19(23)21-15-7-6-8-16(13-15)27(24,25)22-11-4-1-5-12-22/h2-3,6-10,13H,1,4-5,11-12,14H2,(H,21,23). The van der Waals surface area contributed by atoms with Gasteiger partial charge in [0.1, 0.15) is 5.75 Å². The van der Waals surface area contributed by atoms with Crippen molar-refractivity contribution in [3.63, 3.8) is 0 Å². The zero-order chi connectivity index (χ0) is 19.3. The Morgan fingerprint density at radius 1 is 1.07 bits per heavy atom. The summed E-state index contributed by atoms with van der Waals surface area (Å²) in [5.74, 6) is 0.201. The van der Waals surface area contributed by atoms with E-state index >= 15 is 0 Å². The summed E-state index contributed by atoms with van der Waals surface area (Å²) >= 11 is 3.35. The van der Waals surface area contributed by atoms with E-state index in [0.29, 0.717) is 24.5 Å². The van der Waals surface area contributed by atoms with Crippen molar-refractivity contribution < 1.29 is 17.9 Å². The summed E-state index contributed by atoms with van der Waals surface area (Å²) in [6.07, 6.45) is 2.81. The average Bonchev–Trinajstić information content (AvgIpc) is 2.68. The monoisotopic (exact) mass is 452 g/mol. The molecule has 1 heterocycles. The van der Waals surface area contributed by atoms with Crippen LogP contribution in [0, 0.1) is 0 Å². The number of carbonyl (C=O) groups is 1. The smallest absolute Gasteiger partial charge is 0.262 e. The highest BCUT2D eigenvalue weighted by Crippen LogP contribution is 2.24. The average molecular weight is 453 g/mol. The number of benzene rings is 2. The van der Waals surface area contributed by atoms with Gasteiger partial charge in [0.2, 0.25) is 10.0 Å². The minimum absolute atomic E-state index is 0.175. The Balaban J connectivity index is 1.65. The van der Waals surface area contributed by atoms with Gasteiger partial charge in [-0.15, -0.1) is 0 Å². The zero-order valence-electron chi connectivity index (χ0n) is 14.7. The summed E-state index contributed by atoms with van der Waals surface area (Å²) in [5.41, 5.74) is 0.425. The van der Waals surface area contributed by atoms with Gasteiger partial charge in [0, 0.05) is 18.8 Å². The molecule has 8 heteroatoms. The lowest BCUT2D eigenvalue weighted by Gasteiger charge is -2.26. The predicted octanol–water partition coefficient (Wildman–Crippen LogP) is 3.64. The Hall–Kier alpha value is -1.90. The number of halogens is 1. The topological polar surface area (TPSA) is 75.7 Å². The molecule has 0 radical (unpaired) electrons. The second-order valence-corrected chi connectivity index (χ2v) is 9.05. The van der Waals surface area contributed by atoms with Gasteiger partial charge >= 0.3 is 0 Å². The highest BCUT2D eigenvalue weighted by atomic mass is 79.9. The predicted molar refractivity (Wildman–Crippen MR) is 107 cm³/mol. The molecule has 0 spiro atoms. The van der Waals surface area contributed by atoms with Crippen LogP contribution < -0.4 is 10.1 Å². The minimum Gasteiger partial charge on any atom is -0.483 e. The van der Waals surface area contributed by atoms with Crippen LogP contribution >= 0.6 is 15.9 Å². The van der Waals surface area contributed by atoms with Crippen molar-refractivity contribution in [3.8, 4) is 5.75 Å². The van der Waals surface area contributed by atoms with E-state index in [2.05, 4.69) is 21.2 Å². The van der Waals surface area contributed by atoms with Gasteiger partial charge in [-0.25, -0.2) is 8.42 Å². The van der Waals surface area contributed by atoms with Gasteiger partial charge in [-0.2, -0.15) is 4.31 Å². The first-order chi connectivity index (χ1) is 13.0. The van der Waals surface area contributed by atoms with E-state index in [9.17, 15) is 13.2 Å². The van der Waals surface area contributed by atoms with Crippen molar-refractivity contribution in [2.75, 3.05) is 25.0 Å². The molecule has 6 nitrogen and oxygen atoms in total. The molecule has 144 valence electrons. The second kappa shape index (κ2) is 8.86. The third kappa shape index (κ3) is 5.09. The lowest BCUT2D eigenvalue weighted by atomic mass is 10.2. The van der Waals surface area contributed by atoms with Crippen LogP contribution in [-0.2, 0) is 14.8 Å². The maximum Gasteiger partial charge on any atom is 0.262 e. The van der Waals surface area contributed by atoms with Crippen LogP contribution in [0.5, 0.6) is 5.75 Å². The SMILES string of the molecule is O=C(COc1ccccc1Br)Nc1cccc(S(=O)(=O)N2CCCCC2)c1. The Bertz CT molecular complexity index is 911. The van der Waals surface area contributed by atoms with E-state index in [-0.39, 0.29) is 17.4 Å². The molecule has 1 aliphatic rings. The molecule has 0 aliphatic carbocycles. The van der Waals surface area contributed by atoms with Crippen LogP contribution in [0.25, 0.3) is 0 Å². The first-order valence-corrected chi connectivity index (χ1v) is 11.0. The number of nitrogens with zero attached hydrogens (tertiary/aromatic N) is 1. The number of carbonyl (C=O) groups excluding carboxylic acids is 1. The number of hydrogen-bond acceptors (Lipinski definition) is 4. The van der Waals surface area contributed by atoms with Gasteiger partial charge in [-0.3, -0.25) is 4.79 Å². The minimum atomic E-state index is -3.54. The Kier molecular flexibility index (Phi) is 6.51. The fraction of sp³-hybridized carbons (Fsp3) is 0.316. The number of hydrogen-bond donors (Lipinski definition) is 1. The van der Waals surface area contributed by atoms with Crippen molar-refractivity contribution in [2.24, 2.45) is 0 Å². The molecule has 1 saturated heterocycles. The van der Waals surface area contributed by atoms with Gasteiger partial charge < -0.3 is 10.1 Å². The van der Waals surface area contributed by atoms with Gasteiger partial charge in [0.05, 0.1) is 9.37 Å². The highest BCUT2D eigenvalue weighted by molar-refractivity contribution is 9.10. The van der Waals surface area contributed by atoms with Gasteiger partial charge in [-0.05, 0) is 59.1 Å². The van der Waals surface area contributed by atoms with E-state index in [0.717, 1.165) is 23.7 Å². The summed E-state index contributed by atoms with van der Waals surface area (Å²) in [6.45, 7) is 0.906. The van der Waals surface area contributed by atoms with E-state index in [4.69, 9.17) is 4.74 Å². The number of anilines is 1. The van der Waals surface area contributed by atoms with E-state index in [1.165, 1.54) is 10.4 Å². The molecule has 2 aromatic rings. The number of rotatable bonds is 6. The molecule has 0 aromatic heterocycles. The Morgan fingerprint density at radius 3 is 2.56 bits per heavy atom. The third-order valence-corrected chi connectivity index (χ3v) is 6.82. The van der Waals surface area contributed by atoms with Crippen molar-refractivity contribution in [1.29, 1.82) is 0 Å². The highest BCUT2D eigenvalue weighted by Gasteiger charge is 2.26. The number of sulfonamides is 1. The molecule has 2 aromatic carbocycles. The molecular formula is C19H21BrN2O4S. The van der Waals surface area contributed by atoms with Gasteiger partial charge in [0.15, 0.2) is 6.61 Å². The van der Waals surface area contributed by atoms with Crippen molar-refractivity contribution in [3.05, 3.63) is 53.0 Å². The van der Waals surface area contributed by atoms with Gasteiger partial charge in [-0.1, -0.05) is 24.6 Å². The molecular weight excluding hydrogens is 432 g/mol. The number of amides is 1. The van der Waals surface area contributed by atoms with Crippen molar-refractivity contribution >= 4 is 37.5 Å². The summed E-state index contributed by atoms with van der Waals surface area (Å²) in [6, 6.07) is 13.6. The van der Waals surface area contributed by atoms with Crippen LogP contribution in [0.2, 0.25) is 0 Å². The molecule has 0 bridgehead atoms. The van der Waals surface area contributed by atoms with Crippen molar-refractivity contribution in [1.82, 2.24) is 4.31 Å². The lowest BCUT2D eigenvalue weighted by molar-refractivity contribution is -0.118. The normalized spacial score (nSPS) is 15.3.